The third-order valence-electron chi connectivity index (χ3n) is 3.13. The van der Waals surface area contributed by atoms with Crippen molar-refractivity contribution in [3.63, 3.8) is 0 Å². The summed E-state index contributed by atoms with van der Waals surface area (Å²) in [6.45, 7) is 2.91. The zero-order chi connectivity index (χ0) is 13.2. The quantitative estimate of drug-likeness (QED) is 0.923. The highest BCUT2D eigenvalue weighted by Crippen LogP contribution is 2.33. The van der Waals surface area contributed by atoms with Gasteiger partial charge in [-0.2, -0.15) is 13.2 Å². The second kappa shape index (κ2) is 5.54. The fourth-order valence-corrected chi connectivity index (χ4v) is 3.02. The maximum absolute atomic E-state index is 12.4. The molecule has 1 saturated heterocycles. The lowest BCUT2D eigenvalue weighted by atomic mass is 9.98. The molecular formula is C11H16F3N3S. The normalized spacial score (nSPS) is 22.3. The summed E-state index contributed by atoms with van der Waals surface area (Å²) in [4.78, 5) is 5.37. The van der Waals surface area contributed by atoms with E-state index < -0.39 is 11.1 Å². The van der Waals surface area contributed by atoms with Crippen LogP contribution < -0.4 is 5.73 Å². The lowest BCUT2D eigenvalue weighted by Gasteiger charge is -2.31. The lowest BCUT2D eigenvalue weighted by Crippen LogP contribution is -2.37. The van der Waals surface area contributed by atoms with E-state index in [1.165, 1.54) is 0 Å². The number of thiazole rings is 1. The minimum Gasteiger partial charge on any atom is -0.330 e. The van der Waals surface area contributed by atoms with Crippen molar-refractivity contribution in [3.8, 4) is 0 Å². The van der Waals surface area contributed by atoms with Crippen molar-refractivity contribution in [2.45, 2.75) is 25.6 Å². The van der Waals surface area contributed by atoms with Crippen LogP contribution in [-0.4, -0.2) is 29.5 Å². The summed E-state index contributed by atoms with van der Waals surface area (Å²) >= 11 is 0.733. The van der Waals surface area contributed by atoms with Crippen LogP contribution in [0.4, 0.5) is 13.2 Å². The van der Waals surface area contributed by atoms with E-state index in [2.05, 4.69) is 9.88 Å². The molecule has 0 aliphatic carbocycles. The molecule has 1 atom stereocenters. The number of aromatic nitrogens is 1. The van der Waals surface area contributed by atoms with Crippen molar-refractivity contribution in [3.05, 3.63) is 16.1 Å². The van der Waals surface area contributed by atoms with Crippen LogP contribution in [0.25, 0.3) is 0 Å². The SMILES string of the molecule is NCC1CCCN(Cc2ncc(C(F)(F)F)s2)C1. The van der Waals surface area contributed by atoms with Gasteiger partial charge in [0.25, 0.3) is 0 Å². The van der Waals surface area contributed by atoms with E-state index in [9.17, 15) is 13.2 Å². The molecular weight excluding hydrogens is 263 g/mol. The second-order valence-electron chi connectivity index (χ2n) is 4.60. The van der Waals surface area contributed by atoms with Gasteiger partial charge in [-0.25, -0.2) is 4.98 Å². The zero-order valence-electron chi connectivity index (χ0n) is 9.91. The topological polar surface area (TPSA) is 42.1 Å². The van der Waals surface area contributed by atoms with E-state index in [-0.39, 0.29) is 0 Å². The first kappa shape index (κ1) is 13.8. The Labute approximate surface area is 108 Å². The molecule has 2 N–H and O–H groups in total. The number of hydrogen-bond acceptors (Lipinski definition) is 4. The molecule has 1 aromatic heterocycles. The number of nitrogens with two attached hydrogens (primary N) is 1. The van der Waals surface area contributed by atoms with E-state index >= 15 is 0 Å². The molecule has 1 unspecified atom stereocenters. The van der Waals surface area contributed by atoms with Gasteiger partial charge < -0.3 is 5.73 Å². The van der Waals surface area contributed by atoms with Gasteiger partial charge in [-0.1, -0.05) is 0 Å². The van der Waals surface area contributed by atoms with Crippen molar-refractivity contribution < 1.29 is 13.2 Å². The van der Waals surface area contributed by atoms with E-state index in [1.807, 2.05) is 0 Å². The molecule has 0 saturated carbocycles. The molecule has 1 fully saturated rings. The summed E-state index contributed by atoms with van der Waals surface area (Å²) in [5.74, 6) is 0.459. The van der Waals surface area contributed by atoms with Crippen LogP contribution in [0.2, 0.25) is 0 Å². The fraction of sp³-hybridized carbons (Fsp3) is 0.727. The summed E-state index contributed by atoms with van der Waals surface area (Å²) in [6.07, 6.45) is -1.19. The highest BCUT2D eigenvalue weighted by atomic mass is 32.1. The Balaban J connectivity index is 1.95. The molecule has 18 heavy (non-hydrogen) atoms. The first-order chi connectivity index (χ1) is 8.49. The van der Waals surface area contributed by atoms with Crippen LogP contribution >= 0.6 is 11.3 Å². The van der Waals surface area contributed by atoms with Crippen LogP contribution in [-0.2, 0) is 12.7 Å². The molecule has 1 aliphatic rings. The van der Waals surface area contributed by atoms with Gasteiger partial charge in [-0.05, 0) is 31.8 Å². The van der Waals surface area contributed by atoms with Crippen LogP contribution in [0.1, 0.15) is 22.7 Å². The first-order valence-electron chi connectivity index (χ1n) is 5.93. The maximum Gasteiger partial charge on any atom is 0.427 e. The van der Waals surface area contributed by atoms with Crippen LogP contribution in [0, 0.1) is 5.92 Å². The third-order valence-corrected chi connectivity index (χ3v) is 4.16. The summed E-state index contributed by atoms with van der Waals surface area (Å²) in [5.41, 5.74) is 5.63. The first-order valence-corrected chi connectivity index (χ1v) is 6.75. The molecule has 1 aromatic rings. The molecule has 0 spiro atoms. The third kappa shape index (κ3) is 3.43. The predicted octanol–water partition coefficient (Wildman–Crippen LogP) is 2.33. The van der Waals surface area contributed by atoms with Gasteiger partial charge in [-0.3, -0.25) is 4.90 Å². The molecule has 102 valence electrons. The smallest absolute Gasteiger partial charge is 0.330 e. The largest absolute Gasteiger partial charge is 0.427 e. The molecule has 3 nitrogen and oxygen atoms in total. The van der Waals surface area contributed by atoms with E-state index in [0.717, 1.165) is 43.5 Å². The van der Waals surface area contributed by atoms with Crippen molar-refractivity contribution in [2.24, 2.45) is 11.7 Å². The van der Waals surface area contributed by atoms with Crippen LogP contribution in [0.3, 0.4) is 0 Å². The zero-order valence-corrected chi connectivity index (χ0v) is 10.7. The number of nitrogens with zero attached hydrogens (tertiary/aromatic N) is 2. The summed E-state index contributed by atoms with van der Waals surface area (Å²) < 4.78 is 37.3. The van der Waals surface area contributed by atoms with Gasteiger partial charge in [0, 0.05) is 6.54 Å². The minimum atomic E-state index is -4.28. The fourth-order valence-electron chi connectivity index (χ4n) is 2.19. The van der Waals surface area contributed by atoms with Crippen LogP contribution in [0.5, 0.6) is 0 Å². The Morgan fingerprint density at radius 3 is 2.89 bits per heavy atom. The van der Waals surface area contributed by atoms with Gasteiger partial charge in [0.2, 0.25) is 0 Å². The maximum atomic E-state index is 12.4. The van der Waals surface area contributed by atoms with Crippen molar-refractivity contribution in [1.29, 1.82) is 0 Å². The van der Waals surface area contributed by atoms with Crippen molar-refractivity contribution in [1.82, 2.24) is 9.88 Å². The average molecular weight is 279 g/mol. The molecule has 0 bridgehead atoms. The molecule has 7 heteroatoms. The standard InChI is InChI=1S/C11H16F3N3S/c12-11(13,14)9-5-16-10(18-9)7-17-3-1-2-8(4-15)6-17/h5,8H,1-4,6-7,15H2. The van der Waals surface area contributed by atoms with Gasteiger partial charge in [-0.15, -0.1) is 11.3 Å². The molecule has 1 aliphatic heterocycles. The van der Waals surface area contributed by atoms with Crippen LogP contribution in [0.15, 0.2) is 6.20 Å². The molecule has 0 radical (unpaired) electrons. The van der Waals surface area contributed by atoms with Crippen molar-refractivity contribution in [2.75, 3.05) is 19.6 Å². The summed E-state index contributed by atoms with van der Waals surface area (Å²) in [6, 6.07) is 0. The second-order valence-corrected chi connectivity index (χ2v) is 5.71. The Bertz CT molecular complexity index is 391. The highest BCUT2D eigenvalue weighted by Gasteiger charge is 2.33. The summed E-state index contributed by atoms with van der Waals surface area (Å²) in [5, 5.41) is 0.528. The Kier molecular flexibility index (Phi) is 4.24. The molecule has 2 heterocycles. The van der Waals surface area contributed by atoms with Gasteiger partial charge in [0.1, 0.15) is 9.88 Å². The minimum absolute atomic E-state index is 0.459. The number of rotatable bonds is 3. The van der Waals surface area contributed by atoms with Gasteiger partial charge >= 0.3 is 6.18 Å². The number of likely N-dealkylation sites (tertiary alicyclic amines) is 1. The number of piperidine rings is 1. The van der Waals surface area contributed by atoms with E-state index in [0.29, 0.717) is 24.0 Å². The van der Waals surface area contributed by atoms with Gasteiger partial charge in [0.15, 0.2) is 0 Å². The van der Waals surface area contributed by atoms with E-state index in [1.54, 1.807) is 0 Å². The Morgan fingerprint density at radius 2 is 2.28 bits per heavy atom. The molecule has 0 aromatic carbocycles. The predicted molar refractivity (Wildman–Crippen MR) is 64.2 cm³/mol. The number of alkyl halides is 3. The lowest BCUT2D eigenvalue weighted by molar-refractivity contribution is -0.134. The number of hydrogen-bond donors (Lipinski definition) is 1. The number of halogens is 3. The van der Waals surface area contributed by atoms with Gasteiger partial charge in [0.05, 0.1) is 12.7 Å². The van der Waals surface area contributed by atoms with Crippen molar-refractivity contribution >= 4 is 11.3 Å². The highest BCUT2D eigenvalue weighted by molar-refractivity contribution is 7.11. The van der Waals surface area contributed by atoms with E-state index in [4.69, 9.17) is 5.73 Å². The monoisotopic (exact) mass is 279 g/mol. The average Bonchev–Trinajstić information content (AvgIpc) is 2.77. The summed E-state index contributed by atoms with van der Waals surface area (Å²) in [7, 11) is 0. The molecule has 0 amide bonds. The molecule has 2 rings (SSSR count). The Hall–Kier alpha value is -0.660. The Morgan fingerprint density at radius 1 is 1.50 bits per heavy atom.